The second kappa shape index (κ2) is 7.07. The van der Waals surface area contributed by atoms with Crippen LogP contribution in [-0.4, -0.2) is 37.0 Å². The Morgan fingerprint density at radius 2 is 2.30 bits per heavy atom. The van der Waals surface area contributed by atoms with Crippen LogP contribution in [0.15, 0.2) is 24.3 Å². The average Bonchev–Trinajstić information content (AvgIpc) is 3.22. The Kier molecular flexibility index (Phi) is 5.40. The van der Waals surface area contributed by atoms with Gasteiger partial charge in [-0.05, 0) is 44.0 Å². The monoisotopic (exact) mass is 295 g/mol. The maximum atomic E-state index is 11.9. The average molecular weight is 296 g/mol. The number of carbonyl (C=O) groups excluding carboxylic acids is 1. The Labute approximate surface area is 125 Å². The summed E-state index contributed by atoms with van der Waals surface area (Å²) in [6.07, 6.45) is 2.99. The summed E-state index contributed by atoms with van der Waals surface area (Å²) < 4.78 is 0. The lowest BCUT2D eigenvalue weighted by molar-refractivity contribution is -0.116. The molecule has 5 heteroatoms. The smallest absolute Gasteiger partial charge is 0.225 e. The van der Waals surface area contributed by atoms with Crippen LogP contribution < -0.4 is 11.1 Å². The SMILES string of the molecule is CN(CCC(=O)Nc1cccc(Cl)c1)C(CN)C1CC1. The van der Waals surface area contributed by atoms with Gasteiger partial charge in [-0.15, -0.1) is 0 Å². The number of likely N-dealkylation sites (N-methyl/N-ethyl adjacent to an activating group) is 1. The predicted molar refractivity (Wildman–Crippen MR) is 82.9 cm³/mol. The van der Waals surface area contributed by atoms with E-state index in [0.29, 0.717) is 24.0 Å². The van der Waals surface area contributed by atoms with E-state index in [1.165, 1.54) is 12.8 Å². The summed E-state index contributed by atoms with van der Waals surface area (Å²) >= 11 is 5.88. The summed E-state index contributed by atoms with van der Waals surface area (Å²) in [4.78, 5) is 14.1. The molecule has 3 N–H and O–H groups in total. The summed E-state index contributed by atoms with van der Waals surface area (Å²) in [6, 6.07) is 7.60. The second-order valence-corrected chi connectivity index (χ2v) is 5.87. The van der Waals surface area contributed by atoms with Crippen molar-refractivity contribution in [1.82, 2.24) is 4.90 Å². The summed E-state index contributed by atoms with van der Waals surface area (Å²) in [5, 5.41) is 3.48. The molecule has 0 bridgehead atoms. The predicted octanol–water partition coefficient (Wildman–Crippen LogP) is 2.34. The molecule has 0 aromatic heterocycles. The van der Waals surface area contributed by atoms with Crippen molar-refractivity contribution in [3.63, 3.8) is 0 Å². The molecule has 0 spiro atoms. The molecular weight excluding hydrogens is 274 g/mol. The van der Waals surface area contributed by atoms with Gasteiger partial charge in [0.05, 0.1) is 0 Å². The minimum Gasteiger partial charge on any atom is -0.329 e. The van der Waals surface area contributed by atoms with E-state index in [9.17, 15) is 4.79 Å². The molecule has 1 aliphatic rings. The van der Waals surface area contributed by atoms with Crippen LogP contribution in [0.4, 0.5) is 5.69 Å². The molecule has 4 nitrogen and oxygen atoms in total. The van der Waals surface area contributed by atoms with Crippen molar-refractivity contribution >= 4 is 23.2 Å². The number of hydrogen-bond acceptors (Lipinski definition) is 3. The fraction of sp³-hybridized carbons (Fsp3) is 0.533. The molecular formula is C15H22ClN3O. The Bertz CT molecular complexity index is 462. The Hall–Kier alpha value is -1.10. The van der Waals surface area contributed by atoms with Crippen LogP contribution in [-0.2, 0) is 4.79 Å². The van der Waals surface area contributed by atoms with E-state index in [4.69, 9.17) is 17.3 Å². The van der Waals surface area contributed by atoms with Crippen LogP contribution in [0, 0.1) is 5.92 Å². The lowest BCUT2D eigenvalue weighted by Gasteiger charge is -2.26. The van der Waals surface area contributed by atoms with Crippen LogP contribution in [0.2, 0.25) is 5.02 Å². The Balaban J connectivity index is 1.77. The highest BCUT2D eigenvalue weighted by atomic mass is 35.5. The van der Waals surface area contributed by atoms with E-state index >= 15 is 0 Å². The summed E-state index contributed by atoms with van der Waals surface area (Å²) in [7, 11) is 2.04. The number of nitrogens with zero attached hydrogens (tertiary/aromatic N) is 1. The van der Waals surface area contributed by atoms with Gasteiger partial charge in [0.1, 0.15) is 0 Å². The lowest BCUT2D eigenvalue weighted by atomic mass is 10.1. The first-order chi connectivity index (χ1) is 9.60. The van der Waals surface area contributed by atoms with Crippen LogP contribution in [0.3, 0.4) is 0 Å². The maximum absolute atomic E-state index is 11.9. The van der Waals surface area contributed by atoms with Crippen LogP contribution in [0.25, 0.3) is 0 Å². The van der Waals surface area contributed by atoms with Gasteiger partial charge in [0.25, 0.3) is 0 Å². The van der Waals surface area contributed by atoms with Gasteiger partial charge in [-0.3, -0.25) is 4.79 Å². The number of anilines is 1. The van der Waals surface area contributed by atoms with Gasteiger partial charge in [-0.25, -0.2) is 0 Å². The van der Waals surface area contributed by atoms with Crippen LogP contribution >= 0.6 is 11.6 Å². The highest BCUT2D eigenvalue weighted by Gasteiger charge is 2.32. The third-order valence-electron chi connectivity index (χ3n) is 3.77. The van der Waals surface area contributed by atoms with E-state index in [1.807, 2.05) is 19.2 Å². The molecule has 0 heterocycles. The molecule has 1 fully saturated rings. The largest absolute Gasteiger partial charge is 0.329 e. The summed E-state index contributed by atoms with van der Waals surface area (Å²) in [5.74, 6) is 0.728. The Morgan fingerprint density at radius 1 is 1.55 bits per heavy atom. The van der Waals surface area contributed by atoms with Gasteiger partial charge in [-0.1, -0.05) is 17.7 Å². The van der Waals surface area contributed by atoms with E-state index < -0.39 is 0 Å². The molecule has 1 unspecified atom stereocenters. The standard InChI is InChI=1S/C15H22ClN3O/c1-19(14(10-17)11-5-6-11)8-7-15(20)18-13-4-2-3-12(16)9-13/h2-4,9,11,14H,5-8,10,17H2,1H3,(H,18,20). The molecule has 1 aliphatic carbocycles. The van der Waals surface area contributed by atoms with Crippen molar-refractivity contribution in [3.05, 3.63) is 29.3 Å². The van der Waals surface area contributed by atoms with Gasteiger partial charge in [0, 0.05) is 36.3 Å². The molecule has 0 saturated heterocycles. The minimum atomic E-state index is 0.00526. The quantitative estimate of drug-likeness (QED) is 0.812. The van der Waals surface area contributed by atoms with Crippen molar-refractivity contribution < 1.29 is 4.79 Å². The number of benzene rings is 1. The molecule has 1 amide bonds. The second-order valence-electron chi connectivity index (χ2n) is 5.43. The van der Waals surface area contributed by atoms with E-state index in [1.54, 1.807) is 12.1 Å². The minimum absolute atomic E-state index is 0.00526. The first kappa shape index (κ1) is 15.3. The molecule has 2 rings (SSSR count). The zero-order valence-corrected chi connectivity index (χ0v) is 12.6. The maximum Gasteiger partial charge on any atom is 0.225 e. The van der Waals surface area contributed by atoms with Crippen molar-refractivity contribution in [1.29, 1.82) is 0 Å². The fourth-order valence-electron chi connectivity index (χ4n) is 2.45. The molecule has 1 aromatic rings. The normalized spacial score (nSPS) is 16.2. The molecule has 1 aromatic carbocycles. The number of nitrogens with one attached hydrogen (secondary N) is 1. The van der Waals surface area contributed by atoms with Crippen molar-refractivity contribution in [2.75, 3.05) is 25.5 Å². The molecule has 1 atom stereocenters. The number of carbonyl (C=O) groups is 1. The fourth-order valence-corrected chi connectivity index (χ4v) is 2.64. The summed E-state index contributed by atoms with van der Waals surface area (Å²) in [6.45, 7) is 1.39. The zero-order chi connectivity index (χ0) is 14.5. The van der Waals surface area contributed by atoms with Gasteiger partial charge < -0.3 is 16.0 Å². The molecule has 110 valence electrons. The number of halogens is 1. The first-order valence-corrected chi connectivity index (χ1v) is 7.43. The molecule has 1 saturated carbocycles. The molecule has 20 heavy (non-hydrogen) atoms. The van der Waals surface area contributed by atoms with Gasteiger partial charge >= 0.3 is 0 Å². The van der Waals surface area contributed by atoms with Crippen LogP contribution in [0.1, 0.15) is 19.3 Å². The topological polar surface area (TPSA) is 58.4 Å². The first-order valence-electron chi connectivity index (χ1n) is 7.06. The number of nitrogens with two attached hydrogens (primary N) is 1. The highest BCUT2D eigenvalue weighted by Crippen LogP contribution is 2.34. The summed E-state index contributed by atoms with van der Waals surface area (Å²) in [5.41, 5.74) is 6.54. The molecule has 0 radical (unpaired) electrons. The molecule has 0 aliphatic heterocycles. The van der Waals surface area contributed by atoms with E-state index in [2.05, 4.69) is 10.2 Å². The zero-order valence-electron chi connectivity index (χ0n) is 11.8. The van der Waals surface area contributed by atoms with Crippen molar-refractivity contribution in [2.24, 2.45) is 11.7 Å². The van der Waals surface area contributed by atoms with Crippen LogP contribution in [0.5, 0.6) is 0 Å². The van der Waals surface area contributed by atoms with E-state index in [-0.39, 0.29) is 5.91 Å². The highest BCUT2D eigenvalue weighted by molar-refractivity contribution is 6.30. The van der Waals surface area contributed by atoms with Crippen molar-refractivity contribution in [3.8, 4) is 0 Å². The van der Waals surface area contributed by atoms with Gasteiger partial charge in [0.15, 0.2) is 0 Å². The lowest BCUT2D eigenvalue weighted by Crippen LogP contribution is -2.40. The third kappa shape index (κ3) is 4.47. The van der Waals surface area contributed by atoms with E-state index in [0.717, 1.165) is 18.2 Å². The third-order valence-corrected chi connectivity index (χ3v) is 4.01. The Morgan fingerprint density at radius 3 is 2.90 bits per heavy atom. The number of amides is 1. The van der Waals surface area contributed by atoms with Crippen molar-refractivity contribution in [2.45, 2.75) is 25.3 Å². The van der Waals surface area contributed by atoms with Gasteiger partial charge in [0.2, 0.25) is 5.91 Å². The van der Waals surface area contributed by atoms with Gasteiger partial charge in [-0.2, -0.15) is 0 Å². The number of hydrogen-bond donors (Lipinski definition) is 2. The number of rotatable bonds is 7.